The molecule has 10 heteroatoms. The van der Waals surface area contributed by atoms with E-state index in [0.717, 1.165) is 68.4 Å². The number of morpholine rings is 1. The molecule has 0 aliphatic carbocycles. The van der Waals surface area contributed by atoms with Crippen LogP contribution in [0.4, 0.5) is 17.2 Å². The van der Waals surface area contributed by atoms with Crippen molar-refractivity contribution in [3.05, 3.63) is 66.1 Å². The second-order valence-electron chi connectivity index (χ2n) is 9.26. The minimum atomic E-state index is -0.557. The van der Waals surface area contributed by atoms with E-state index < -0.39 is 5.91 Å². The van der Waals surface area contributed by atoms with Gasteiger partial charge in [0, 0.05) is 61.9 Å². The van der Waals surface area contributed by atoms with E-state index in [1.165, 1.54) is 0 Å². The smallest absolute Gasteiger partial charge is 0.274 e. The molecule has 1 fully saturated rings. The van der Waals surface area contributed by atoms with Gasteiger partial charge in [-0.25, -0.2) is 4.98 Å². The predicted octanol–water partition coefficient (Wildman–Crippen LogP) is 2.54. The van der Waals surface area contributed by atoms with E-state index in [2.05, 4.69) is 36.5 Å². The Balaban J connectivity index is 1.43. The summed E-state index contributed by atoms with van der Waals surface area (Å²) in [4.78, 5) is 26.0. The van der Waals surface area contributed by atoms with Crippen molar-refractivity contribution >= 4 is 28.8 Å². The van der Waals surface area contributed by atoms with Gasteiger partial charge in [0.2, 0.25) is 0 Å². The molecule has 0 bridgehead atoms. The van der Waals surface area contributed by atoms with Crippen LogP contribution in [0.5, 0.6) is 0 Å². The number of nitrogens with one attached hydrogen (secondary N) is 3. The highest BCUT2D eigenvalue weighted by atomic mass is 16.5. The number of anilines is 3. The van der Waals surface area contributed by atoms with Gasteiger partial charge in [-0.3, -0.25) is 20.1 Å². The van der Waals surface area contributed by atoms with Gasteiger partial charge in [0.15, 0.2) is 0 Å². The van der Waals surface area contributed by atoms with Crippen LogP contribution in [-0.4, -0.2) is 84.9 Å². The van der Waals surface area contributed by atoms with E-state index in [1.807, 2.05) is 26.4 Å². The van der Waals surface area contributed by atoms with E-state index in [4.69, 9.17) is 15.9 Å². The number of hydrogen-bond donors (Lipinski definition) is 4. The van der Waals surface area contributed by atoms with E-state index in [0.29, 0.717) is 16.9 Å². The SMILES string of the molecule is CN(C)CCNc1ccc(NC(=O)C(=N)c2cc(-c3cncc(CN4CCOCC4)c3)ccc2N)cn1. The number of nitrogens with zero attached hydrogens (tertiary/aromatic N) is 4. The zero-order valence-corrected chi connectivity index (χ0v) is 21.3. The van der Waals surface area contributed by atoms with Gasteiger partial charge in [0.25, 0.3) is 5.91 Å². The van der Waals surface area contributed by atoms with Gasteiger partial charge in [-0.15, -0.1) is 0 Å². The van der Waals surface area contributed by atoms with Gasteiger partial charge >= 0.3 is 0 Å². The molecule has 194 valence electrons. The standard InChI is InChI=1S/C27H34N8O2/c1-34(2)8-7-31-25-6-4-22(17-32-25)33-27(36)26(29)23-14-20(3-5-24(23)28)21-13-19(15-30-16-21)18-35-9-11-37-12-10-35/h3-6,13-17,29H,7-12,18,28H2,1-2H3,(H,31,32)(H,33,36). The van der Waals surface area contributed by atoms with Gasteiger partial charge in [-0.2, -0.15) is 0 Å². The summed E-state index contributed by atoms with van der Waals surface area (Å²) >= 11 is 0. The molecule has 0 radical (unpaired) electrons. The quantitative estimate of drug-likeness (QED) is 0.246. The molecule has 3 heterocycles. The molecule has 1 aliphatic heterocycles. The first-order valence-corrected chi connectivity index (χ1v) is 12.3. The topological polar surface area (TPSA) is 132 Å². The van der Waals surface area contributed by atoms with Gasteiger partial charge in [0.05, 0.1) is 25.1 Å². The lowest BCUT2D eigenvalue weighted by Crippen LogP contribution is -2.35. The van der Waals surface area contributed by atoms with Crippen molar-refractivity contribution in [3.63, 3.8) is 0 Å². The Kier molecular flexibility index (Phi) is 8.78. The number of pyridine rings is 2. The lowest BCUT2D eigenvalue weighted by molar-refractivity contribution is -0.110. The Morgan fingerprint density at radius 1 is 1.11 bits per heavy atom. The number of nitrogens with two attached hydrogens (primary N) is 1. The third kappa shape index (κ3) is 7.32. The summed E-state index contributed by atoms with van der Waals surface area (Å²) in [5.41, 5.74) is 10.0. The van der Waals surface area contributed by atoms with E-state index in [-0.39, 0.29) is 5.71 Å². The van der Waals surface area contributed by atoms with Crippen molar-refractivity contribution in [2.24, 2.45) is 0 Å². The van der Waals surface area contributed by atoms with Gasteiger partial charge < -0.3 is 26.0 Å². The number of nitrogen functional groups attached to an aromatic ring is 1. The summed E-state index contributed by atoms with van der Waals surface area (Å²) in [6.07, 6.45) is 5.21. The monoisotopic (exact) mass is 502 g/mol. The molecule has 10 nitrogen and oxygen atoms in total. The largest absolute Gasteiger partial charge is 0.398 e. The van der Waals surface area contributed by atoms with Gasteiger partial charge in [-0.05, 0) is 55.6 Å². The van der Waals surface area contributed by atoms with Crippen LogP contribution in [0, 0.1) is 5.41 Å². The van der Waals surface area contributed by atoms with Crippen LogP contribution >= 0.6 is 0 Å². The molecule has 1 aliphatic rings. The summed E-state index contributed by atoms with van der Waals surface area (Å²) in [7, 11) is 4.01. The van der Waals surface area contributed by atoms with Gasteiger partial charge in [-0.1, -0.05) is 6.07 Å². The maximum absolute atomic E-state index is 12.9. The highest BCUT2D eigenvalue weighted by Crippen LogP contribution is 2.25. The average Bonchev–Trinajstić information content (AvgIpc) is 2.90. The first-order valence-electron chi connectivity index (χ1n) is 12.3. The number of benzene rings is 1. The molecule has 1 aromatic carbocycles. The number of ether oxygens (including phenoxy) is 1. The molecule has 0 unspecified atom stereocenters. The number of amides is 1. The third-order valence-corrected chi connectivity index (χ3v) is 6.07. The van der Waals surface area contributed by atoms with E-state index in [9.17, 15) is 4.79 Å². The summed E-state index contributed by atoms with van der Waals surface area (Å²) in [6.45, 7) is 5.71. The molecule has 5 N–H and O–H groups in total. The highest BCUT2D eigenvalue weighted by molar-refractivity contribution is 6.48. The average molecular weight is 503 g/mol. The molecule has 1 saturated heterocycles. The number of carbonyl (C=O) groups excluding carboxylic acids is 1. The van der Waals surface area contributed by atoms with Crippen molar-refractivity contribution in [2.45, 2.75) is 6.54 Å². The highest BCUT2D eigenvalue weighted by Gasteiger charge is 2.17. The molecular weight excluding hydrogens is 468 g/mol. The second kappa shape index (κ2) is 12.4. The van der Waals surface area contributed by atoms with Crippen LogP contribution in [0.2, 0.25) is 0 Å². The molecule has 4 rings (SSSR count). The lowest BCUT2D eigenvalue weighted by atomic mass is 9.99. The van der Waals surface area contributed by atoms with Crippen LogP contribution in [0.25, 0.3) is 11.1 Å². The maximum Gasteiger partial charge on any atom is 0.274 e. The number of rotatable bonds is 10. The zero-order chi connectivity index (χ0) is 26.2. The summed E-state index contributed by atoms with van der Waals surface area (Å²) in [5.74, 6) is 0.162. The van der Waals surface area contributed by atoms with Crippen LogP contribution in [-0.2, 0) is 16.1 Å². The maximum atomic E-state index is 12.9. The summed E-state index contributed by atoms with van der Waals surface area (Å²) < 4.78 is 5.43. The predicted molar refractivity (Wildman–Crippen MR) is 147 cm³/mol. The number of carbonyl (C=O) groups is 1. The zero-order valence-electron chi connectivity index (χ0n) is 21.3. The Labute approximate surface area is 217 Å². The molecule has 0 atom stereocenters. The Morgan fingerprint density at radius 2 is 1.92 bits per heavy atom. The number of hydrogen-bond acceptors (Lipinski definition) is 9. The van der Waals surface area contributed by atoms with Crippen LogP contribution < -0.4 is 16.4 Å². The van der Waals surface area contributed by atoms with Crippen molar-refractivity contribution in [1.82, 2.24) is 19.8 Å². The van der Waals surface area contributed by atoms with Crippen molar-refractivity contribution in [2.75, 3.05) is 69.9 Å². The molecule has 1 amide bonds. The second-order valence-corrected chi connectivity index (χ2v) is 9.26. The number of aromatic nitrogens is 2. The third-order valence-electron chi connectivity index (χ3n) is 6.07. The minimum Gasteiger partial charge on any atom is -0.398 e. The molecule has 2 aromatic heterocycles. The molecule has 3 aromatic rings. The first kappa shape index (κ1) is 26.2. The van der Waals surface area contributed by atoms with Crippen LogP contribution in [0.1, 0.15) is 11.1 Å². The normalized spacial score (nSPS) is 13.9. The van der Waals surface area contributed by atoms with Crippen LogP contribution in [0.3, 0.4) is 0 Å². The molecule has 0 spiro atoms. The van der Waals surface area contributed by atoms with E-state index in [1.54, 1.807) is 36.7 Å². The fourth-order valence-electron chi connectivity index (χ4n) is 4.00. The molecular formula is C27H34N8O2. The van der Waals surface area contributed by atoms with Crippen LogP contribution in [0.15, 0.2) is 55.0 Å². The summed E-state index contributed by atoms with van der Waals surface area (Å²) in [6, 6.07) is 11.0. The molecule has 37 heavy (non-hydrogen) atoms. The summed E-state index contributed by atoms with van der Waals surface area (Å²) in [5, 5.41) is 14.5. The van der Waals surface area contributed by atoms with E-state index >= 15 is 0 Å². The Bertz CT molecular complexity index is 1220. The Morgan fingerprint density at radius 3 is 2.65 bits per heavy atom. The van der Waals surface area contributed by atoms with Crippen molar-refractivity contribution < 1.29 is 9.53 Å². The first-order chi connectivity index (χ1) is 17.9. The van der Waals surface area contributed by atoms with Gasteiger partial charge in [0.1, 0.15) is 11.5 Å². The van der Waals surface area contributed by atoms with Crippen molar-refractivity contribution in [3.8, 4) is 11.1 Å². The lowest BCUT2D eigenvalue weighted by Gasteiger charge is -2.26. The fourth-order valence-corrected chi connectivity index (χ4v) is 4.00. The van der Waals surface area contributed by atoms with Crippen molar-refractivity contribution in [1.29, 1.82) is 5.41 Å². The fraction of sp³-hybridized carbons (Fsp3) is 0.333. The minimum absolute atomic E-state index is 0.218. The number of likely N-dealkylation sites (N-methyl/N-ethyl adjacent to an activating group) is 1. The Hall–Kier alpha value is -3.86. The molecule has 0 saturated carbocycles.